The monoisotopic (exact) mass is 438 g/mol. The van der Waals surface area contributed by atoms with Crippen molar-refractivity contribution < 1.29 is 27.4 Å². The molecule has 0 aliphatic carbocycles. The van der Waals surface area contributed by atoms with Gasteiger partial charge in [0.15, 0.2) is 0 Å². The Morgan fingerprint density at radius 3 is 2.23 bits per heavy atom. The van der Waals surface area contributed by atoms with Gasteiger partial charge in [0.25, 0.3) is 5.91 Å². The first kappa shape index (κ1) is 21.4. The normalized spacial score (nSPS) is 11.2. The zero-order chi connectivity index (χ0) is 21.9. The molecule has 1 aromatic heterocycles. The predicted octanol–water partition coefficient (Wildman–Crippen LogP) is 4.43. The van der Waals surface area contributed by atoms with Crippen LogP contribution in [0.5, 0.6) is 11.5 Å². The van der Waals surface area contributed by atoms with Crippen LogP contribution in [0.25, 0.3) is 0 Å². The largest absolute Gasteiger partial charge is 0.573 e. The molecule has 6 nitrogen and oxygen atoms in total. The van der Waals surface area contributed by atoms with Gasteiger partial charge >= 0.3 is 11.2 Å². The molecule has 0 spiro atoms. The Bertz CT molecular complexity index is 1090. The van der Waals surface area contributed by atoms with E-state index in [0.717, 1.165) is 11.3 Å². The second-order valence-electron chi connectivity index (χ2n) is 6.24. The van der Waals surface area contributed by atoms with Crippen molar-refractivity contribution in [2.24, 2.45) is 0 Å². The molecule has 0 aliphatic rings. The number of thiazole rings is 1. The van der Waals surface area contributed by atoms with Gasteiger partial charge in [0.05, 0.1) is 13.7 Å². The number of ether oxygens (including phenoxy) is 2. The Balaban J connectivity index is 1.74. The molecular formula is C20H17F3N2O4S. The molecule has 0 unspecified atom stereocenters. The molecular weight excluding hydrogens is 421 g/mol. The summed E-state index contributed by atoms with van der Waals surface area (Å²) in [6.45, 7) is 1.76. The summed E-state index contributed by atoms with van der Waals surface area (Å²) in [4.78, 5) is 24.9. The number of carbonyl (C=O) groups is 1. The highest BCUT2D eigenvalue weighted by Crippen LogP contribution is 2.23. The van der Waals surface area contributed by atoms with Crippen LogP contribution in [-0.4, -0.2) is 23.9 Å². The lowest BCUT2D eigenvalue weighted by Crippen LogP contribution is -2.18. The van der Waals surface area contributed by atoms with Crippen LogP contribution in [-0.2, 0) is 6.54 Å². The average molecular weight is 438 g/mol. The zero-order valence-corrected chi connectivity index (χ0v) is 16.8. The second kappa shape index (κ2) is 8.62. The predicted molar refractivity (Wildman–Crippen MR) is 106 cm³/mol. The fourth-order valence-electron chi connectivity index (χ4n) is 2.71. The summed E-state index contributed by atoms with van der Waals surface area (Å²) in [5.41, 5.74) is 1.61. The molecule has 30 heavy (non-hydrogen) atoms. The van der Waals surface area contributed by atoms with Crippen LogP contribution in [0.15, 0.2) is 53.3 Å². The number of carbonyl (C=O) groups excluding carboxylic acids is 1. The summed E-state index contributed by atoms with van der Waals surface area (Å²) < 4.78 is 47.1. The van der Waals surface area contributed by atoms with Gasteiger partial charge in [-0.2, -0.15) is 0 Å². The van der Waals surface area contributed by atoms with Crippen molar-refractivity contribution in [3.8, 4) is 11.5 Å². The number of methoxy groups -OCH3 is 1. The molecule has 158 valence electrons. The van der Waals surface area contributed by atoms with Crippen molar-refractivity contribution in [1.29, 1.82) is 0 Å². The van der Waals surface area contributed by atoms with E-state index >= 15 is 0 Å². The van der Waals surface area contributed by atoms with Crippen molar-refractivity contribution in [2.45, 2.75) is 19.8 Å². The molecule has 0 radical (unpaired) electrons. The van der Waals surface area contributed by atoms with Gasteiger partial charge in [0, 0.05) is 11.4 Å². The van der Waals surface area contributed by atoms with Gasteiger partial charge in [-0.1, -0.05) is 23.5 Å². The minimum absolute atomic E-state index is 0.114. The van der Waals surface area contributed by atoms with Crippen LogP contribution in [0.3, 0.4) is 0 Å². The standard InChI is InChI=1S/C20H17F3N2O4S/c1-12-17(18(26)24-14-5-9-15(28-2)10-6-14)30-19(27)25(12)11-13-3-7-16(8-4-13)29-20(21,22)23/h3-10H,11H2,1-2H3,(H,24,26). The third-order valence-electron chi connectivity index (χ3n) is 4.19. The molecule has 1 amide bonds. The number of anilines is 1. The number of nitrogens with one attached hydrogen (secondary N) is 1. The molecule has 3 rings (SSSR count). The molecule has 0 saturated heterocycles. The Morgan fingerprint density at radius 2 is 1.67 bits per heavy atom. The minimum atomic E-state index is -4.77. The molecule has 0 fully saturated rings. The van der Waals surface area contributed by atoms with E-state index in [0.29, 0.717) is 22.7 Å². The maximum absolute atomic E-state index is 12.6. The Morgan fingerprint density at radius 1 is 1.07 bits per heavy atom. The van der Waals surface area contributed by atoms with Gasteiger partial charge in [0.2, 0.25) is 0 Å². The summed E-state index contributed by atoms with van der Waals surface area (Å²) in [6.07, 6.45) is -4.77. The molecule has 3 aromatic rings. The number of hydrogen-bond donors (Lipinski definition) is 1. The quantitative estimate of drug-likeness (QED) is 0.618. The SMILES string of the molecule is COc1ccc(NC(=O)c2sc(=O)n(Cc3ccc(OC(F)(F)F)cc3)c2C)cc1. The lowest BCUT2D eigenvalue weighted by Gasteiger charge is -2.10. The average Bonchev–Trinajstić information content (AvgIpc) is 2.97. The number of hydrogen-bond acceptors (Lipinski definition) is 5. The van der Waals surface area contributed by atoms with Gasteiger partial charge in [0.1, 0.15) is 16.4 Å². The zero-order valence-electron chi connectivity index (χ0n) is 15.9. The van der Waals surface area contributed by atoms with Crippen LogP contribution in [0.4, 0.5) is 18.9 Å². The van der Waals surface area contributed by atoms with Crippen molar-refractivity contribution in [1.82, 2.24) is 4.57 Å². The summed E-state index contributed by atoms with van der Waals surface area (Å²) in [6, 6.07) is 12.0. The van der Waals surface area contributed by atoms with E-state index in [1.807, 2.05) is 0 Å². The van der Waals surface area contributed by atoms with Gasteiger partial charge in [-0.25, -0.2) is 0 Å². The van der Waals surface area contributed by atoms with E-state index in [1.54, 1.807) is 31.2 Å². The first-order valence-corrected chi connectivity index (χ1v) is 9.48. The number of aromatic nitrogens is 1. The molecule has 1 heterocycles. The molecule has 0 bridgehead atoms. The van der Waals surface area contributed by atoms with Crippen molar-refractivity contribution >= 4 is 22.9 Å². The lowest BCUT2D eigenvalue weighted by molar-refractivity contribution is -0.274. The number of alkyl halides is 3. The lowest BCUT2D eigenvalue weighted by atomic mass is 10.2. The minimum Gasteiger partial charge on any atom is -0.497 e. The fourth-order valence-corrected chi connectivity index (χ4v) is 3.60. The highest BCUT2D eigenvalue weighted by molar-refractivity contribution is 7.11. The molecule has 10 heteroatoms. The van der Waals surface area contributed by atoms with Gasteiger partial charge in [-0.05, 0) is 48.9 Å². The molecule has 0 atom stereocenters. The first-order chi connectivity index (χ1) is 14.2. The summed E-state index contributed by atoms with van der Waals surface area (Å²) >= 11 is 0.803. The number of halogens is 3. The molecule has 0 saturated carbocycles. The van der Waals surface area contributed by atoms with Gasteiger partial charge in [-0.15, -0.1) is 13.2 Å². The van der Waals surface area contributed by atoms with Crippen LogP contribution in [0.1, 0.15) is 20.9 Å². The van der Waals surface area contributed by atoms with Gasteiger partial charge < -0.3 is 14.8 Å². The third-order valence-corrected chi connectivity index (χ3v) is 5.27. The topological polar surface area (TPSA) is 69.6 Å². The maximum Gasteiger partial charge on any atom is 0.573 e. The van der Waals surface area contributed by atoms with Crippen LogP contribution in [0, 0.1) is 6.92 Å². The fraction of sp³-hybridized carbons (Fsp3) is 0.200. The first-order valence-electron chi connectivity index (χ1n) is 8.66. The van der Waals surface area contributed by atoms with Crippen LogP contribution < -0.4 is 19.7 Å². The molecule has 1 N–H and O–H groups in total. The van der Waals surface area contributed by atoms with E-state index in [4.69, 9.17) is 4.74 Å². The highest BCUT2D eigenvalue weighted by atomic mass is 32.1. The highest BCUT2D eigenvalue weighted by Gasteiger charge is 2.31. The second-order valence-corrected chi connectivity index (χ2v) is 7.20. The summed E-state index contributed by atoms with van der Waals surface area (Å²) in [5.74, 6) is -0.126. The van der Waals surface area contributed by atoms with E-state index in [2.05, 4.69) is 10.1 Å². The number of benzene rings is 2. The smallest absolute Gasteiger partial charge is 0.497 e. The van der Waals surface area contributed by atoms with Crippen molar-refractivity contribution in [2.75, 3.05) is 12.4 Å². The number of amides is 1. The number of nitrogens with zero attached hydrogens (tertiary/aromatic N) is 1. The van der Waals surface area contributed by atoms with E-state index in [1.165, 1.54) is 35.9 Å². The van der Waals surface area contributed by atoms with Gasteiger partial charge in [-0.3, -0.25) is 14.2 Å². The molecule has 0 aliphatic heterocycles. The number of rotatable bonds is 6. The van der Waals surface area contributed by atoms with Crippen molar-refractivity contribution in [3.63, 3.8) is 0 Å². The van der Waals surface area contributed by atoms with E-state index in [-0.39, 0.29) is 22.0 Å². The van der Waals surface area contributed by atoms with E-state index < -0.39 is 12.3 Å². The Labute approximate surface area is 173 Å². The maximum atomic E-state index is 12.6. The summed E-state index contributed by atoms with van der Waals surface area (Å²) in [5, 5.41) is 2.72. The third kappa shape index (κ3) is 5.20. The van der Waals surface area contributed by atoms with Crippen LogP contribution in [0.2, 0.25) is 0 Å². The Kier molecular flexibility index (Phi) is 6.16. The molecule has 2 aromatic carbocycles. The van der Waals surface area contributed by atoms with Crippen molar-refractivity contribution in [3.05, 3.63) is 74.3 Å². The Hall–Kier alpha value is -3.27. The summed E-state index contributed by atoms with van der Waals surface area (Å²) in [7, 11) is 1.54. The van der Waals surface area contributed by atoms with Crippen LogP contribution >= 0.6 is 11.3 Å². The van der Waals surface area contributed by atoms with E-state index in [9.17, 15) is 22.8 Å².